The molecule has 0 aliphatic carbocycles. The average molecular weight is 184 g/mol. The molecule has 1 aromatic heterocycles. The zero-order valence-electron chi connectivity index (χ0n) is 7.29. The first kappa shape index (κ1) is 9.42. The molecule has 0 N–H and O–H groups in total. The Hall–Kier alpha value is -0.670. The number of aryl methyl sites for hydroxylation is 1. The van der Waals surface area contributed by atoms with Crippen LogP contribution in [0.5, 0.6) is 0 Å². The van der Waals surface area contributed by atoms with Crippen molar-refractivity contribution >= 4 is 17.1 Å². The van der Waals surface area contributed by atoms with E-state index in [2.05, 4.69) is 0 Å². The van der Waals surface area contributed by atoms with Crippen molar-refractivity contribution in [1.82, 2.24) is 0 Å². The van der Waals surface area contributed by atoms with Gasteiger partial charge in [-0.2, -0.15) is 0 Å². The molecule has 66 valence electrons. The lowest BCUT2D eigenvalue weighted by atomic mass is 10.3. The molecule has 0 saturated heterocycles. The smallest absolute Gasteiger partial charge is 0.198 e. The van der Waals surface area contributed by atoms with Gasteiger partial charge in [-0.1, -0.05) is 0 Å². The van der Waals surface area contributed by atoms with E-state index in [4.69, 9.17) is 4.74 Å². The molecule has 3 heteroatoms. The summed E-state index contributed by atoms with van der Waals surface area (Å²) in [6.45, 7) is 4.67. The predicted molar refractivity (Wildman–Crippen MR) is 49.9 cm³/mol. The first-order valence-corrected chi connectivity index (χ1v) is 4.73. The van der Waals surface area contributed by atoms with E-state index < -0.39 is 0 Å². The molecule has 12 heavy (non-hydrogen) atoms. The summed E-state index contributed by atoms with van der Waals surface area (Å²) in [6, 6.07) is 3.80. The molecule has 0 unspecified atom stereocenters. The van der Waals surface area contributed by atoms with Gasteiger partial charge in [0, 0.05) is 11.5 Å². The third-order valence-corrected chi connectivity index (χ3v) is 2.49. The first-order valence-electron chi connectivity index (χ1n) is 3.91. The van der Waals surface area contributed by atoms with Crippen LogP contribution in [0.25, 0.3) is 0 Å². The Morgan fingerprint density at radius 3 is 2.83 bits per heavy atom. The normalized spacial score (nSPS) is 10.2. The minimum atomic E-state index is 0.0787. The van der Waals surface area contributed by atoms with Gasteiger partial charge < -0.3 is 4.74 Å². The van der Waals surface area contributed by atoms with E-state index in [0.29, 0.717) is 6.61 Å². The fourth-order valence-electron chi connectivity index (χ4n) is 0.850. The van der Waals surface area contributed by atoms with Crippen LogP contribution in [0.3, 0.4) is 0 Å². The van der Waals surface area contributed by atoms with E-state index in [9.17, 15) is 4.79 Å². The predicted octanol–water partition coefficient (Wildman–Crippen LogP) is 2.28. The van der Waals surface area contributed by atoms with E-state index >= 15 is 0 Å². The molecule has 0 spiro atoms. The monoisotopic (exact) mass is 184 g/mol. The molecule has 0 aromatic carbocycles. The lowest BCUT2D eigenvalue weighted by Gasteiger charge is -1.96. The molecule has 1 rings (SSSR count). The summed E-state index contributed by atoms with van der Waals surface area (Å²) in [7, 11) is 0. The highest BCUT2D eigenvalue weighted by molar-refractivity contribution is 7.14. The number of carbonyl (C=O) groups is 1. The Bertz CT molecular complexity index is 265. The Morgan fingerprint density at radius 1 is 1.58 bits per heavy atom. The maximum Gasteiger partial charge on any atom is 0.198 e. The third-order valence-electron chi connectivity index (χ3n) is 1.45. The number of hydrogen-bond acceptors (Lipinski definition) is 3. The van der Waals surface area contributed by atoms with Crippen LogP contribution in [-0.4, -0.2) is 19.0 Å². The Labute approximate surface area is 76.2 Å². The van der Waals surface area contributed by atoms with E-state index in [1.54, 1.807) is 0 Å². The number of Topliss-reactive ketones (excluding diaryl/α,β-unsaturated/α-hetero) is 1. The van der Waals surface area contributed by atoms with Crippen molar-refractivity contribution in [3.63, 3.8) is 0 Å². The molecule has 0 aliphatic rings. The molecule has 0 bridgehead atoms. The summed E-state index contributed by atoms with van der Waals surface area (Å²) >= 11 is 1.52. The van der Waals surface area contributed by atoms with Crippen molar-refractivity contribution < 1.29 is 9.53 Å². The van der Waals surface area contributed by atoms with E-state index in [1.807, 2.05) is 26.0 Å². The number of ether oxygens (including phenoxy) is 1. The summed E-state index contributed by atoms with van der Waals surface area (Å²) < 4.78 is 5.02. The molecule has 1 heterocycles. The standard InChI is InChI=1S/C9H12O2S/c1-3-11-6-8(10)9-5-4-7(2)12-9/h4-5H,3,6H2,1-2H3. The molecule has 0 radical (unpaired) electrons. The van der Waals surface area contributed by atoms with E-state index in [0.717, 1.165) is 9.75 Å². The molecule has 0 amide bonds. The zero-order valence-corrected chi connectivity index (χ0v) is 8.11. The van der Waals surface area contributed by atoms with Crippen molar-refractivity contribution in [2.75, 3.05) is 13.2 Å². The fraction of sp³-hybridized carbons (Fsp3) is 0.444. The number of carbonyl (C=O) groups excluding carboxylic acids is 1. The van der Waals surface area contributed by atoms with Crippen LogP contribution in [0.1, 0.15) is 21.5 Å². The second-order valence-electron chi connectivity index (χ2n) is 2.47. The highest BCUT2D eigenvalue weighted by Gasteiger charge is 2.06. The van der Waals surface area contributed by atoms with Crippen LogP contribution in [-0.2, 0) is 4.74 Å². The molecular weight excluding hydrogens is 172 g/mol. The maximum atomic E-state index is 11.3. The van der Waals surface area contributed by atoms with Gasteiger partial charge >= 0.3 is 0 Å². The van der Waals surface area contributed by atoms with Crippen molar-refractivity contribution in [2.45, 2.75) is 13.8 Å². The lowest BCUT2D eigenvalue weighted by Crippen LogP contribution is -2.06. The largest absolute Gasteiger partial charge is 0.374 e. The highest BCUT2D eigenvalue weighted by Crippen LogP contribution is 2.15. The Morgan fingerprint density at radius 2 is 2.33 bits per heavy atom. The molecular formula is C9H12O2S. The number of thiophene rings is 1. The van der Waals surface area contributed by atoms with Gasteiger partial charge in [0.25, 0.3) is 0 Å². The molecule has 2 nitrogen and oxygen atoms in total. The van der Waals surface area contributed by atoms with Gasteiger partial charge in [-0.25, -0.2) is 0 Å². The lowest BCUT2D eigenvalue weighted by molar-refractivity contribution is 0.0787. The number of hydrogen-bond donors (Lipinski definition) is 0. The Balaban J connectivity index is 2.53. The van der Waals surface area contributed by atoms with Crippen molar-refractivity contribution in [2.24, 2.45) is 0 Å². The van der Waals surface area contributed by atoms with Gasteiger partial charge in [-0.15, -0.1) is 11.3 Å². The van der Waals surface area contributed by atoms with Crippen LogP contribution in [0.15, 0.2) is 12.1 Å². The molecule has 0 aliphatic heterocycles. The summed E-state index contributed by atoms with van der Waals surface area (Å²) in [4.78, 5) is 13.3. The zero-order chi connectivity index (χ0) is 8.97. The van der Waals surface area contributed by atoms with Gasteiger partial charge in [-0.05, 0) is 26.0 Å². The van der Waals surface area contributed by atoms with Crippen molar-refractivity contribution in [1.29, 1.82) is 0 Å². The molecule has 0 fully saturated rings. The van der Waals surface area contributed by atoms with Crippen LogP contribution < -0.4 is 0 Å². The maximum absolute atomic E-state index is 11.3. The van der Waals surface area contributed by atoms with Crippen LogP contribution in [0.4, 0.5) is 0 Å². The summed E-state index contributed by atoms with van der Waals surface area (Å²) in [5.74, 6) is 0.0787. The summed E-state index contributed by atoms with van der Waals surface area (Å²) in [5.41, 5.74) is 0. The fourth-order valence-corrected chi connectivity index (χ4v) is 1.64. The second-order valence-corrected chi connectivity index (χ2v) is 3.76. The Kier molecular flexibility index (Phi) is 3.44. The molecule has 0 atom stereocenters. The van der Waals surface area contributed by atoms with Gasteiger partial charge in [0.05, 0.1) is 4.88 Å². The van der Waals surface area contributed by atoms with Crippen LogP contribution >= 0.6 is 11.3 Å². The van der Waals surface area contributed by atoms with Gasteiger partial charge in [0.2, 0.25) is 0 Å². The summed E-state index contributed by atoms with van der Waals surface area (Å²) in [5, 5.41) is 0. The third kappa shape index (κ3) is 2.43. The van der Waals surface area contributed by atoms with Crippen LogP contribution in [0.2, 0.25) is 0 Å². The molecule has 1 aromatic rings. The SMILES string of the molecule is CCOCC(=O)c1ccc(C)s1. The molecule has 0 saturated carbocycles. The summed E-state index contributed by atoms with van der Waals surface area (Å²) in [6.07, 6.45) is 0. The van der Waals surface area contributed by atoms with Crippen molar-refractivity contribution in [3.05, 3.63) is 21.9 Å². The minimum Gasteiger partial charge on any atom is -0.374 e. The van der Waals surface area contributed by atoms with E-state index in [-0.39, 0.29) is 12.4 Å². The quantitative estimate of drug-likeness (QED) is 0.671. The minimum absolute atomic E-state index is 0.0787. The second kappa shape index (κ2) is 4.38. The van der Waals surface area contributed by atoms with Gasteiger partial charge in [-0.3, -0.25) is 4.79 Å². The number of rotatable bonds is 4. The van der Waals surface area contributed by atoms with Crippen LogP contribution in [0, 0.1) is 6.92 Å². The van der Waals surface area contributed by atoms with E-state index in [1.165, 1.54) is 11.3 Å². The first-order chi connectivity index (χ1) is 5.74. The topological polar surface area (TPSA) is 26.3 Å². The van der Waals surface area contributed by atoms with Crippen molar-refractivity contribution in [3.8, 4) is 0 Å². The van der Waals surface area contributed by atoms with Gasteiger partial charge in [0.1, 0.15) is 6.61 Å². The van der Waals surface area contributed by atoms with Gasteiger partial charge in [0.15, 0.2) is 5.78 Å². The average Bonchev–Trinajstić information content (AvgIpc) is 2.47. The highest BCUT2D eigenvalue weighted by atomic mass is 32.1. The number of ketones is 1.